The lowest BCUT2D eigenvalue weighted by Gasteiger charge is -2.41. The Bertz CT molecular complexity index is 982. The Labute approximate surface area is 203 Å². The van der Waals surface area contributed by atoms with E-state index in [-0.39, 0.29) is 35.9 Å². The highest BCUT2D eigenvalue weighted by Crippen LogP contribution is 2.38. The van der Waals surface area contributed by atoms with E-state index in [0.29, 0.717) is 12.5 Å². The Morgan fingerprint density at radius 1 is 1.17 bits per heavy atom. The second-order valence-corrected chi connectivity index (χ2v) is 11.0. The highest BCUT2D eigenvalue weighted by Gasteiger charge is 2.41. The first kappa shape index (κ1) is 29.0. The van der Waals surface area contributed by atoms with Gasteiger partial charge in [0.1, 0.15) is 0 Å². The zero-order chi connectivity index (χ0) is 26.4. The van der Waals surface area contributed by atoms with E-state index in [2.05, 4.69) is 4.98 Å². The molecule has 2 heterocycles. The molecule has 3 N–H and O–H groups in total. The second kappa shape index (κ2) is 12.1. The molecule has 13 heteroatoms. The van der Waals surface area contributed by atoms with Gasteiger partial charge in [-0.1, -0.05) is 32.1 Å². The van der Waals surface area contributed by atoms with Crippen molar-refractivity contribution in [3.63, 3.8) is 0 Å². The molecule has 0 radical (unpaired) electrons. The lowest BCUT2D eigenvalue weighted by atomic mass is 9.74. The van der Waals surface area contributed by atoms with Gasteiger partial charge < -0.3 is 15.7 Å². The summed E-state index contributed by atoms with van der Waals surface area (Å²) in [7, 11) is -0.295. The molecule has 2 aliphatic rings. The quantitative estimate of drug-likeness (QED) is 0.607. The van der Waals surface area contributed by atoms with Crippen molar-refractivity contribution in [2.45, 2.75) is 56.3 Å². The van der Waals surface area contributed by atoms with Crippen molar-refractivity contribution in [1.82, 2.24) is 14.2 Å². The number of aliphatic carboxylic acids is 1. The van der Waals surface area contributed by atoms with Gasteiger partial charge in [0, 0.05) is 39.9 Å². The maximum atomic E-state index is 13.3. The first-order valence-corrected chi connectivity index (χ1v) is 12.9. The molecule has 2 fully saturated rings. The van der Waals surface area contributed by atoms with Gasteiger partial charge in [-0.05, 0) is 36.0 Å². The summed E-state index contributed by atoms with van der Waals surface area (Å²) in [4.78, 5) is 27.3. The van der Waals surface area contributed by atoms with Crippen molar-refractivity contribution in [3.8, 4) is 0 Å². The van der Waals surface area contributed by atoms with E-state index in [1.54, 1.807) is 31.1 Å². The summed E-state index contributed by atoms with van der Waals surface area (Å²) in [6.07, 6.45) is 3.07. The lowest BCUT2D eigenvalue weighted by molar-refractivity contribution is -0.192. The predicted molar refractivity (Wildman–Crippen MR) is 121 cm³/mol. The Morgan fingerprint density at radius 3 is 2.29 bits per heavy atom. The smallest absolute Gasteiger partial charge is 0.475 e. The van der Waals surface area contributed by atoms with Crippen molar-refractivity contribution in [1.29, 1.82) is 0 Å². The number of nitrogens with zero attached hydrogens (tertiary/aromatic N) is 3. The number of hydrogen-bond acceptors (Lipinski definition) is 6. The van der Waals surface area contributed by atoms with Gasteiger partial charge in [0.25, 0.3) is 10.0 Å². The SMILES string of the molecule is CN(C)C(=O)C1CC(C2CCCCC2)CN(S(=O)(=O)c2cc(CN)ccn2)C1.O=C(O)C(F)(F)F. The molecule has 1 saturated carbocycles. The number of pyridine rings is 1. The molecule has 1 aromatic rings. The van der Waals surface area contributed by atoms with Crippen LogP contribution in [0.4, 0.5) is 13.2 Å². The summed E-state index contributed by atoms with van der Waals surface area (Å²) in [5.74, 6) is -2.34. The molecule has 198 valence electrons. The summed E-state index contributed by atoms with van der Waals surface area (Å²) < 4.78 is 59.9. The van der Waals surface area contributed by atoms with Gasteiger partial charge >= 0.3 is 12.1 Å². The molecule has 35 heavy (non-hydrogen) atoms. The molecule has 1 aromatic heterocycles. The van der Waals surface area contributed by atoms with Crippen LogP contribution in [0.25, 0.3) is 0 Å². The van der Waals surface area contributed by atoms with Gasteiger partial charge in [-0.3, -0.25) is 4.79 Å². The number of amides is 1. The van der Waals surface area contributed by atoms with Gasteiger partial charge in [-0.25, -0.2) is 18.2 Å². The Hall–Kier alpha value is -2.25. The first-order valence-electron chi connectivity index (χ1n) is 11.4. The van der Waals surface area contributed by atoms with E-state index in [9.17, 15) is 26.4 Å². The van der Waals surface area contributed by atoms with Crippen LogP contribution in [0.15, 0.2) is 23.4 Å². The fraction of sp³-hybridized carbons (Fsp3) is 0.682. The van der Waals surface area contributed by atoms with E-state index >= 15 is 0 Å². The molecule has 0 aromatic carbocycles. The molecular weight excluding hydrogens is 489 g/mol. The van der Waals surface area contributed by atoms with Gasteiger partial charge in [0.05, 0.1) is 5.92 Å². The molecule has 3 rings (SSSR count). The third-order valence-corrected chi connectivity index (χ3v) is 8.17. The van der Waals surface area contributed by atoms with Crippen molar-refractivity contribution in [3.05, 3.63) is 23.9 Å². The zero-order valence-corrected chi connectivity index (χ0v) is 20.7. The fourth-order valence-corrected chi connectivity index (χ4v) is 6.16. The van der Waals surface area contributed by atoms with Crippen molar-refractivity contribution >= 4 is 21.9 Å². The van der Waals surface area contributed by atoms with E-state index < -0.39 is 22.2 Å². The molecule has 9 nitrogen and oxygen atoms in total. The van der Waals surface area contributed by atoms with Crippen LogP contribution in [-0.4, -0.2) is 73.0 Å². The topological polar surface area (TPSA) is 134 Å². The van der Waals surface area contributed by atoms with Crippen LogP contribution in [0, 0.1) is 17.8 Å². The highest BCUT2D eigenvalue weighted by molar-refractivity contribution is 7.89. The average Bonchev–Trinajstić information content (AvgIpc) is 2.83. The molecular formula is C22H33F3N4O5S. The summed E-state index contributed by atoms with van der Waals surface area (Å²) in [6.45, 7) is 0.952. The monoisotopic (exact) mass is 522 g/mol. The molecule has 2 unspecified atom stereocenters. The number of rotatable bonds is 5. The van der Waals surface area contributed by atoms with Crippen LogP contribution in [-0.2, 0) is 26.2 Å². The Morgan fingerprint density at radius 2 is 1.77 bits per heavy atom. The standard InChI is InChI=1S/C20H32N4O3S.C2HF3O2/c1-23(2)20(25)18-11-17(16-6-4-3-5-7-16)13-24(14-18)28(26,27)19-10-15(12-21)8-9-22-19;3-2(4,5)1(6)7/h8-10,16-18H,3-7,11-14,21H2,1-2H3;(H,6,7). The summed E-state index contributed by atoms with van der Waals surface area (Å²) in [5.41, 5.74) is 6.40. The zero-order valence-electron chi connectivity index (χ0n) is 19.9. The molecule has 1 saturated heterocycles. The van der Waals surface area contributed by atoms with Gasteiger partial charge in [0.2, 0.25) is 5.91 Å². The largest absolute Gasteiger partial charge is 0.490 e. The summed E-state index contributed by atoms with van der Waals surface area (Å²) in [5, 5.41) is 7.15. The number of halogens is 3. The molecule has 1 aliphatic carbocycles. The van der Waals surface area contributed by atoms with E-state index in [1.807, 2.05) is 0 Å². The average molecular weight is 523 g/mol. The minimum absolute atomic E-state index is 0.00405. The third-order valence-electron chi connectivity index (χ3n) is 6.44. The molecule has 2 atom stereocenters. The van der Waals surface area contributed by atoms with Crippen LogP contribution < -0.4 is 5.73 Å². The third kappa shape index (κ3) is 7.87. The normalized spacial score (nSPS) is 22.1. The van der Waals surface area contributed by atoms with Crippen molar-refractivity contribution in [2.75, 3.05) is 27.2 Å². The number of carbonyl (C=O) groups excluding carboxylic acids is 1. The minimum Gasteiger partial charge on any atom is -0.475 e. The Kier molecular flexibility index (Phi) is 10.0. The van der Waals surface area contributed by atoms with E-state index in [4.69, 9.17) is 15.6 Å². The number of alkyl halides is 3. The van der Waals surface area contributed by atoms with Crippen LogP contribution in [0.2, 0.25) is 0 Å². The van der Waals surface area contributed by atoms with E-state index in [1.165, 1.54) is 29.8 Å². The van der Waals surface area contributed by atoms with Crippen LogP contribution >= 0.6 is 0 Å². The second-order valence-electron chi connectivity index (χ2n) is 9.15. The van der Waals surface area contributed by atoms with E-state index in [0.717, 1.165) is 24.8 Å². The fourth-order valence-electron chi connectivity index (χ4n) is 4.63. The molecule has 1 amide bonds. The summed E-state index contributed by atoms with van der Waals surface area (Å²) in [6, 6.07) is 3.26. The van der Waals surface area contributed by atoms with Crippen molar-refractivity contribution < 1.29 is 36.3 Å². The lowest BCUT2D eigenvalue weighted by Crippen LogP contribution is -2.50. The summed E-state index contributed by atoms with van der Waals surface area (Å²) >= 11 is 0. The number of carboxylic acids is 1. The van der Waals surface area contributed by atoms with Gasteiger partial charge in [-0.2, -0.15) is 17.5 Å². The maximum absolute atomic E-state index is 13.3. The van der Waals surface area contributed by atoms with Crippen LogP contribution in [0.3, 0.4) is 0 Å². The number of carboxylic acid groups (broad SMARTS) is 1. The number of aromatic nitrogens is 1. The maximum Gasteiger partial charge on any atom is 0.490 e. The minimum atomic E-state index is -5.08. The number of hydrogen-bond donors (Lipinski definition) is 2. The molecule has 0 bridgehead atoms. The Balaban J connectivity index is 0.000000540. The molecule has 0 spiro atoms. The predicted octanol–water partition coefficient (Wildman–Crippen LogP) is 2.47. The van der Waals surface area contributed by atoms with Crippen LogP contribution in [0.5, 0.6) is 0 Å². The number of sulfonamides is 1. The number of carbonyl (C=O) groups is 2. The van der Waals surface area contributed by atoms with Crippen molar-refractivity contribution in [2.24, 2.45) is 23.5 Å². The van der Waals surface area contributed by atoms with Gasteiger partial charge in [0.15, 0.2) is 5.03 Å². The number of piperidine rings is 1. The van der Waals surface area contributed by atoms with Crippen LogP contribution in [0.1, 0.15) is 44.1 Å². The first-order chi connectivity index (χ1) is 16.3. The number of nitrogens with two attached hydrogens (primary N) is 1. The van der Waals surface area contributed by atoms with Gasteiger partial charge in [-0.15, -0.1) is 0 Å². The highest BCUT2D eigenvalue weighted by atomic mass is 32.2. The molecule has 1 aliphatic heterocycles.